The van der Waals surface area contributed by atoms with Gasteiger partial charge in [-0.15, -0.1) is 0 Å². The summed E-state index contributed by atoms with van der Waals surface area (Å²) >= 11 is 5.22. The molecule has 0 saturated carbocycles. The lowest BCUT2D eigenvalue weighted by Crippen LogP contribution is -1.97. The minimum absolute atomic E-state index is 0.295. The molecule has 4 nitrogen and oxygen atoms in total. The van der Waals surface area contributed by atoms with E-state index >= 15 is 0 Å². The van der Waals surface area contributed by atoms with Gasteiger partial charge in [0, 0.05) is 25.4 Å². The molecule has 0 unspecified atom stereocenters. The van der Waals surface area contributed by atoms with E-state index in [-0.39, 0.29) is 5.82 Å². The van der Waals surface area contributed by atoms with Crippen LogP contribution in [0.25, 0.3) is 16.9 Å². The molecule has 0 aliphatic carbocycles. The molecule has 3 rings (SSSR count). The van der Waals surface area contributed by atoms with Crippen LogP contribution in [0.4, 0.5) is 4.39 Å². The first-order chi connectivity index (χ1) is 8.15. The highest BCUT2D eigenvalue weighted by atomic mass is 32.1. The summed E-state index contributed by atoms with van der Waals surface area (Å²) in [6.45, 7) is 0. The van der Waals surface area contributed by atoms with Gasteiger partial charge in [-0.1, -0.05) is 0 Å². The van der Waals surface area contributed by atoms with Gasteiger partial charge in [0.2, 0.25) is 0 Å². The Labute approximate surface area is 101 Å². The normalized spacial score (nSPS) is 11.2. The number of imidazole rings is 1. The van der Waals surface area contributed by atoms with E-state index in [2.05, 4.69) is 10.1 Å². The number of benzene rings is 1. The fraction of sp³-hybridized carbons (Fsp3) is 0.0909. The van der Waals surface area contributed by atoms with Gasteiger partial charge >= 0.3 is 0 Å². The van der Waals surface area contributed by atoms with Crippen LogP contribution in [-0.4, -0.2) is 19.3 Å². The Morgan fingerprint density at radius 2 is 2.18 bits per heavy atom. The van der Waals surface area contributed by atoms with E-state index in [1.807, 2.05) is 19.3 Å². The maximum atomic E-state index is 13.3. The van der Waals surface area contributed by atoms with Crippen LogP contribution in [0.15, 0.2) is 30.5 Å². The highest BCUT2D eigenvalue weighted by Gasteiger charge is 2.09. The Morgan fingerprint density at radius 3 is 2.88 bits per heavy atom. The predicted octanol–water partition coefficient (Wildman–Crippen LogP) is 2.56. The van der Waals surface area contributed by atoms with Gasteiger partial charge in [-0.05, 0) is 24.4 Å². The molecule has 0 aliphatic rings. The lowest BCUT2D eigenvalue weighted by Gasteiger charge is -1.99. The molecule has 6 heteroatoms. The molecule has 0 aliphatic heterocycles. The van der Waals surface area contributed by atoms with Crippen molar-refractivity contribution in [3.8, 4) is 5.82 Å². The van der Waals surface area contributed by atoms with Crippen molar-refractivity contribution in [1.29, 1.82) is 0 Å². The van der Waals surface area contributed by atoms with E-state index in [1.165, 1.54) is 12.1 Å². The maximum absolute atomic E-state index is 13.3. The molecular formula is C11H9FN4S. The van der Waals surface area contributed by atoms with Crippen LogP contribution in [0.1, 0.15) is 0 Å². The van der Waals surface area contributed by atoms with Crippen LogP contribution >= 0.6 is 12.2 Å². The van der Waals surface area contributed by atoms with Gasteiger partial charge in [-0.2, -0.15) is 5.10 Å². The number of halogens is 1. The van der Waals surface area contributed by atoms with Gasteiger partial charge in [-0.3, -0.25) is 9.25 Å². The lowest BCUT2D eigenvalue weighted by atomic mass is 10.3. The van der Waals surface area contributed by atoms with E-state index < -0.39 is 0 Å². The first kappa shape index (κ1) is 10.2. The van der Waals surface area contributed by atoms with Crippen molar-refractivity contribution in [3.05, 3.63) is 41.1 Å². The van der Waals surface area contributed by atoms with Gasteiger partial charge in [0.05, 0.1) is 11.0 Å². The van der Waals surface area contributed by atoms with Crippen molar-refractivity contribution >= 4 is 23.3 Å². The fourth-order valence-electron chi connectivity index (χ4n) is 1.83. The molecular weight excluding hydrogens is 239 g/mol. The van der Waals surface area contributed by atoms with E-state index in [0.29, 0.717) is 16.1 Å². The summed E-state index contributed by atoms with van der Waals surface area (Å²) in [4.78, 5) is 3.02. The molecule has 0 bridgehead atoms. The number of nitrogens with one attached hydrogen (secondary N) is 1. The number of nitrogens with zero attached hydrogens (tertiary/aromatic N) is 3. The standard InChI is InChI=1S/C11H9FN4S/c1-15-5-4-10(14-15)16-9-6-7(12)2-3-8(9)13-11(16)17/h2-6H,1H3,(H,13,17). The number of H-pyrrole nitrogens is 1. The number of fused-ring (bicyclic) bond motifs is 1. The van der Waals surface area contributed by atoms with Crippen molar-refractivity contribution in [2.24, 2.45) is 7.05 Å². The summed E-state index contributed by atoms with van der Waals surface area (Å²) in [5.41, 5.74) is 1.48. The molecule has 2 aromatic heterocycles. The van der Waals surface area contributed by atoms with Crippen molar-refractivity contribution in [2.45, 2.75) is 0 Å². The molecule has 0 spiro atoms. The van der Waals surface area contributed by atoms with Crippen LogP contribution in [0.5, 0.6) is 0 Å². The van der Waals surface area contributed by atoms with Gasteiger partial charge in [0.25, 0.3) is 0 Å². The zero-order chi connectivity index (χ0) is 12.0. The van der Waals surface area contributed by atoms with Crippen molar-refractivity contribution < 1.29 is 4.39 Å². The second-order valence-corrected chi connectivity index (χ2v) is 4.16. The maximum Gasteiger partial charge on any atom is 0.184 e. The zero-order valence-corrected chi connectivity index (χ0v) is 9.83. The molecule has 0 radical (unpaired) electrons. The topological polar surface area (TPSA) is 38.5 Å². The monoisotopic (exact) mass is 248 g/mol. The van der Waals surface area contributed by atoms with Crippen LogP contribution in [0, 0.1) is 10.6 Å². The number of hydrogen-bond donors (Lipinski definition) is 1. The second-order valence-electron chi connectivity index (χ2n) is 3.77. The molecule has 0 saturated heterocycles. The first-order valence-electron chi connectivity index (χ1n) is 5.05. The quantitative estimate of drug-likeness (QED) is 0.672. The summed E-state index contributed by atoms with van der Waals surface area (Å²) < 4.78 is 17.2. The predicted molar refractivity (Wildman–Crippen MR) is 65.2 cm³/mol. The highest BCUT2D eigenvalue weighted by molar-refractivity contribution is 7.71. The molecule has 2 heterocycles. The van der Waals surface area contributed by atoms with Crippen LogP contribution in [0.2, 0.25) is 0 Å². The summed E-state index contributed by atoms with van der Waals surface area (Å²) in [7, 11) is 1.82. The van der Waals surface area contributed by atoms with Crippen molar-refractivity contribution in [3.63, 3.8) is 0 Å². The molecule has 1 N–H and O–H groups in total. The summed E-state index contributed by atoms with van der Waals surface area (Å²) in [5, 5.41) is 4.26. The van der Waals surface area contributed by atoms with Gasteiger partial charge in [-0.25, -0.2) is 4.39 Å². The number of aryl methyl sites for hydroxylation is 1. The second kappa shape index (κ2) is 3.53. The summed E-state index contributed by atoms with van der Waals surface area (Å²) in [6, 6.07) is 6.33. The zero-order valence-electron chi connectivity index (χ0n) is 9.01. The molecule has 0 fully saturated rings. The smallest absolute Gasteiger partial charge is 0.184 e. The molecule has 0 amide bonds. The van der Waals surface area contributed by atoms with E-state index in [0.717, 1.165) is 5.52 Å². The molecule has 1 aromatic carbocycles. The Hall–Kier alpha value is -1.95. The molecule has 0 atom stereocenters. The van der Waals surface area contributed by atoms with Crippen molar-refractivity contribution in [1.82, 2.24) is 19.3 Å². The summed E-state index contributed by atoms with van der Waals surface area (Å²) in [5.74, 6) is 0.380. The third-order valence-electron chi connectivity index (χ3n) is 2.57. The molecule has 3 aromatic rings. The lowest BCUT2D eigenvalue weighted by molar-refractivity contribution is 0.629. The minimum atomic E-state index is -0.295. The van der Waals surface area contributed by atoms with Gasteiger partial charge in [0.15, 0.2) is 10.6 Å². The van der Waals surface area contributed by atoms with Crippen LogP contribution < -0.4 is 0 Å². The number of rotatable bonds is 1. The minimum Gasteiger partial charge on any atom is -0.330 e. The largest absolute Gasteiger partial charge is 0.330 e. The van der Waals surface area contributed by atoms with Crippen LogP contribution in [-0.2, 0) is 7.05 Å². The third kappa shape index (κ3) is 1.57. The fourth-order valence-corrected chi connectivity index (χ4v) is 2.13. The highest BCUT2D eigenvalue weighted by Crippen LogP contribution is 2.19. The number of aromatic amines is 1. The van der Waals surface area contributed by atoms with Crippen molar-refractivity contribution in [2.75, 3.05) is 0 Å². The average Bonchev–Trinajstić information content (AvgIpc) is 2.81. The van der Waals surface area contributed by atoms with E-state index in [1.54, 1.807) is 15.3 Å². The van der Waals surface area contributed by atoms with E-state index in [9.17, 15) is 4.39 Å². The number of hydrogen-bond acceptors (Lipinski definition) is 2. The molecule has 86 valence electrons. The third-order valence-corrected chi connectivity index (χ3v) is 2.86. The van der Waals surface area contributed by atoms with E-state index in [4.69, 9.17) is 12.2 Å². The Kier molecular flexibility index (Phi) is 2.12. The first-order valence-corrected chi connectivity index (χ1v) is 5.46. The average molecular weight is 248 g/mol. The Morgan fingerprint density at radius 1 is 1.35 bits per heavy atom. The summed E-state index contributed by atoms with van der Waals surface area (Å²) in [6.07, 6.45) is 1.81. The SMILES string of the molecule is Cn1ccc(-n2c(=S)[nH]c3ccc(F)cc32)n1. The Bertz CT molecular complexity index is 752. The Balaban J connectivity index is 2.39. The van der Waals surface area contributed by atoms with Gasteiger partial charge in [0.1, 0.15) is 5.82 Å². The number of aromatic nitrogens is 4. The van der Waals surface area contributed by atoms with Crippen LogP contribution in [0.3, 0.4) is 0 Å². The van der Waals surface area contributed by atoms with Gasteiger partial charge < -0.3 is 4.98 Å². The molecule has 17 heavy (non-hydrogen) atoms.